The molecule has 0 saturated heterocycles. The number of ether oxygens (including phenoxy) is 1. The summed E-state index contributed by atoms with van der Waals surface area (Å²) in [6, 6.07) is 15.5. The van der Waals surface area contributed by atoms with Crippen molar-refractivity contribution in [2.45, 2.75) is 25.3 Å². The summed E-state index contributed by atoms with van der Waals surface area (Å²) in [6.45, 7) is 0.875. The van der Waals surface area contributed by atoms with E-state index >= 15 is 0 Å². The van der Waals surface area contributed by atoms with Crippen molar-refractivity contribution in [1.29, 1.82) is 0 Å². The molecule has 0 saturated carbocycles. The van der Waals surface area contributed by atoms with Crippen LogP contribution in [0.25, 0.3) is 11.1 Å². The Balaban J connectivity index is 1.56. The first kappa shape index (κ1) is 22.3. The molecule has 1 atom stereocenters. The van der Waals surface area contributed by atoms with E-state index in [1.165, 1.54) is 0 Å². The Morgan fingerprint density at radius 1 is 1.06 bits per heavy atom. The first-order valence-electron chi connectivity index (χ1n) is 10.1. The number of nitrogens with one attached hydrogen (secondary N) is 1. The number of carbonyl (C=O) groups excluding carboxylic acids is 2. The minimum atomic E-state index is -1.17. The number of carboxylic acid groups (broad SMARTS) is 1. The highest BCUT2D eigenvalue weighted by molar-refractivity contribution is 5.82. The number of benzene rings is 2. The summed E-state index contributed by atoms with van der Waals surface area (Å²) in [4.78, 5) is 36.5. The molecule has 2 aromatic rings. The number of hydrogen-bond acceptors (Lipinski definition) is 5. The first-order valence-corrected chi connectivity index (χ1v) is 10.1. The second-order valence-corrected chi connectivity index (χ2v) is 7.51. The molecule has 0 aliphatic heterocycles. The summed E-state index contributed by atoms with van der Waals surface area (Å²) in [5, 5.41) is 20.5. The summed E-state index contributed by atoms with van der Waals surface area (Å²) in [5.41, 5.74) is 4.48. The van der Waals surface area contributed by atoms with Crippen LogP contribution in [0.3, 0.4) is 0 Å². The third-order valence-electron chi connectivity index (χ3n) is 5.24. The van der Waals surface area contributed by atoms with Gasteiger partial charge in [0.15, 0.2) is 0 Å². The van der Waals surface area contributed by atoms with Crippen molar-refractivity contribution in [2.24, 2.45) is 0 Å². The molecular formula is C23H26N2O6. The minimum absolute atomic E-state index is 0.0642. The van der Waals surface area contributed by atoms with E-state index in [1.54, 1.807) is 6.92 Å². The van der Waals surface area contributed by atoms with E-state index in [4.69, 9.17) is 14.9 Å². The fraction of sp³-hybridized carbons (Fsp3) is 0.348. The van der Waals surface area contributed by atoms with Crippen LogP contribution in [0, 0.1) is 0 Å². The molecule has 1 aliphatic rings. The Bertz CT molecular complexity index is 915. The second kappa shape index (κ2) is 10.1. The van der Waals surface area contributed by atoms with Crippen LogP contribution in [0.5, 0.6) is 0 Å². The van der Waals surface area contributed by atoms with Crippen LogP contribution in [0.2, 0.25) is 0 Å². The Morgan fingerprint density at radius 3 is 2.19 bits per heavy atom. The van der Waals surface area contributed by atoms with Crippen LogP contribution in [0.4, 0.5) is 4.79 Å². The standard InChI is InChI=1S/C23H26N2O6/c1-15(12-21(27)25(10-11-26)13-22(28)29)24-23(30)31-14-20-18-8-4-2-6-16(18)17-7-3-5-9-19(17)20/h2-9,15,20,26H,10-14H2,1H3,(H,24,30)(H,28,29)/t15-/m0/s1. The van der Waals surface area contributed by atoms with E-state index in [0.29, 0.717) is 0 Å². The average Bonchev–Trinajstić information content (AvgIpc) is 3.05. The molecule has 3 N–H and O–H groups in total. The Kier molecular flexibility index (Phi) is 7.25. The summed E-state index contributed by atoms with van der Waals surface area (Å²) >= 11 is 0. The molecule has 0 fully saturated rings. The zero-order valence-corrected chi connectivity index (χ0v) is 17.3. The largest absolute Gasteiger partial charge is 0.480 e. The van der Waals surface area contributed by atoms with Gasteiger partial charge in [-0.25, -0.2) is 4.79 Å². The fourth-order valence-electron chi connectivity index (χ4n) is 3.86. The molecule has 0 bridgehead atoms. The van der Waals surface area contributed by atoms with Gasteiger partial charge in [-0.2, -0.15) is 0 Å². The topological polar surface area (TPSA) is 116 Å². The van der Waals surface area contributed by atoms with Gasteiger partial charge in [0.05, 0.1) is 6.61 Å². The van der Waals surface area contributed by atoms with E-state index in [1.807, 2.05) is 36.4 Å². The van der Waals surface area contributed by atoms with Gasteiger partial charge in [0.25, 0.3) is 0 Å². The predicted molar refractivity (Wildman–Crippen MR) is 114 cm³/mol. The maximum absolute atomic E-state index is 12.3. The lowest BCUT2D eigenvalue weighted by Crippen LogP contribution is -2.42. The maximum atomic E-state index is 12.3. The summed E-state index contributed by atoms with van der Waals surface area (Å²) < 4.78 is 5.46. The van der Waals surface area contributed by atoms with E-state index in [0.717, 1.165) is 27.2 Å². The van der Waals surface area contributed by atoms with Gasteiger partial charge in [-0.1, -0.05) is 48.5 Å². The van der Waals surface area contributed by atoms with Gasteiger partial charge in [0.1, 0.15) is 13.2 Å². The molecule has 8 heteroatoms. The zero-order chi connectivity index (χ0) is 22.4. The first-order chi connectivity index (χ1) is 14.9. The van der Waals surface area contributed by atoms with Gasteiger partial charge < -0.3 is 25.2 Å². The highest BCUT2D eigenvalue weighted by Gasteiger charge is 2.29. The van der Waals surface area contributed by atoms with Crippen molar-refractivity contribution in [3.8, 4) is 11.1 Å². The number of nitrogens with zero attached hydrogens (tertiary/aromatic N) is 1. The molecular weight excluding hydrogens is 400 g/mol. The summed E-state index contributed by atoms with van der Waals surface area (Å²) in [6.07, 6.45) is -0.744. The van der Waals surface area contributed by atoms with Gasteiger partial charge in [-0.3, -0.25) is 9.59 Å². The summed E-state index contributed by atoms with van der Waals surface area (Å²) in [5.74, 6) is -1.70. The Labute approximate surface area is 180 Å². The van der Waals surface area contributed by atoms with E-state index in [9.17, 15) is 14.4 Å². The SMILES string of the molecule is C[C@@H](CC(=O)N(CCO)CC(=O)O)NC(=O)OCC1c2ccccc2-c2ccccc21. The molecule has 8 nitrogen and oxygen atoms in total. The normalized spacial score (nSPS) is 13.1. The smallest absolute Gasteiger partial charge is 0.407 e. The summed E-state index contributed by atoms with van der Waals surface area (Å²) in [7, 11) is 0. The van der Waals surface area contributed by atoms with Crippen LogP contribution in [-0.4, -0.2) is 65.4 Å². The second-order valence-electron chi connectivity index (χ2n) is 7.51. The Hall–Kier alpha value is -3.39. The molecule has 0 radical (unpaired) electrons. The van der Waals surface area contributed by atoms with Crippen molar-refractivity contribution in [3.05, 3.63) is 59.7 Å². The fourth-order valence-corrected chi connectivity index (χ4v) is 3.86. The van der Waals surface area contributed by atoms with Gasteiger partial charge in [0.2, 0.25) is 5.91 Å². The molecule has 31 heavy (non-hydrogen) atoms. The number of aliphatic carboxylic acids is 1. The van der Waals surface area contributed by atoms with Gasteiger partial charge in [-0.05, 0) is 29.2 Å². The average molecular weight is 426 g/mol. The lowest BCUT2D eigenvalue weighted by Gasteiger charge is -2.22. The lowest BCUT2D eigenvalue weighted by atomic mass is 9.98. The minimum Gasteiger partial charge on any atom is -0.480 e. The molecule has 0 heterocycles. The number of fused-ring (bicyclic) bond motifs is 3. The third kappa shape index (κ3) is 5.40. The highest BCUT2D eigenvalue weighted by Crippen LogP contribution is 2.44. The molecule has 3 rings (SSSR count). The molecule has 2 aromatic carbocycles. The van der Waals surface area contributed by atoms with E-state index in [-0.39, 0.29) is 32.1 Å². The monoisotopic (exact) mass is 426 g/mol. The lowest BCUT2D eigenvalue weighted by molar-refractivity contribution is -0.145. The number of aliphatic hydroxyl groups excluding tert-OH is 1. The van der Waals surface area contributed by atoms with Crippen LogP contribution >= 0.6 is 0 Å². The molecule has 1 aliphatic carbocycles. The molecule has 0 unspecified atom stereocenters. The van der Waals surface area contributed by atoms with Crippen LogP contribution < -0.4 is 5.32 Å². The molecule has 2 amide bonds. The van der Waals surface area contributed by atoms with Crippen molar-refractivity contribution in [1.82, 2.24) is 10.2 Å². The van der Waals surface area contributed by atoms with Gasteiger partial charge in [-0.15, -0.1) is 0 Å². The number of amides is 2. The zero-order valence-electron chi connectivity index (χ0n) is 17.3. The number of carboxylic acids is 1. The van der Waals surface area contributed by atoms with Crippen molar-refractivity contribution < 1.29 is 29.3 Å². The van der Waals surface area contributed by atoms with Crippen LogP contribution in [0.1, 0.15) is 30.4 Å². The molecule has 0 spiro atoms. The quantitative estimate of drug-likeness (QED) is 0.566. The third-order valence-corrected chi connectivity index (χ3v) is 5.24. The molecule has 164 valence electrons. The van der Waals surface area contributed by atoms with Crippen LogP contribution in [0.15, 0.2) is 48.5 Å². The number of aliphatic hydroxyl groups is 1. The number of rotatable bonds is 9. The van der Waals surface area contributed by atoms with Gasteiger partial charge in [0, 0.05) is 24.9 Å². The van der Waals surface area contributed by atoms with Gasteiger partial charge >= 0.3 is 12.1 Å². The Morgan fingerprint density at radius 2 is 1.65 bits per heavy atom. The number of carbonyl (C=O) groups is 3. The predicted octanol–water partition coefficient (Wildman–Crippen LogP) is 2.21. The molecule has 0 aromatic heterocycles. The highest BCUT2D eigenvalue weighted by atomic mass is 16.5. The van der Waals surface area contributed by atoms with E-state index in [2.05, 4.69) is 17.4 Å². The maximum Gasteiger partial charge on any atom is 0.407 e. The van der Waals surface area contributed by atoms with Crippen molar-refractivity contribution in [3.63, 3.8) is 0 Å². The number of hydrogen-bond donors (Lipinski definition) is 3. The number of alkyl carbamates (subject to hydrolysis) is 1. The van der Waals surface area contributed by atoms with Crippen molar-refractivity contribution >= 4 is 18.0 Å². The van der Waals surface area contributed by atoms with Crippen molar-refractivity contribution in [2.75, 3.05) is 26.3 Å². The van der Waals surface area contributed by atoms with Crippen LogP contribution in [-0.2, 0) is 14.3 Å². The van der Waals surface area contributed by atoms with E-state index < -0.39 is 30.6 Å².